The van der Waals surface area contributed by atoms with Gasteiger partial charge in [-0.1, -0.05) is 37.8 Å². The summed E-state index contributed by atoms with van der Waals surface area (Å²) in [4.78, 5) is 8.39. The van der Waals surface area contributed by atoms with Crippen LogP contribution >= 0.6 is 11.8 Å². The molecule has 0 unspecified atom stereocenters. The monoisotopic (exact) mass is 208 g/mol. The third-order valence-electron chi connectivity index (χ3n) is 1.79. The highest BCUT2D eigenvalue weighted by molar-refractivity contribution is 7.99. The average molecular weight is 208 g/mol. The van der Waals surface area contributed by atoms with Crippen LogP contribution in [0.3, 0.4) is 0 Å². The lowest BCUT2D eigenvalue weighted by molar-refractivity contribution is 0.927. The van der Waals surface area contributed by atoms with Crippen LogP contribution in [0.5, 0.6) is 0 Å². The second-order valence-corrected chi connectivity index (χ2v) is 4.14. The van der Waals surface area contributed by atoms with E-state index in [2.05, 4.69) is 36.0 Å². The molecule has 3 heteroatoms. The van der Waals surface area contributed by atoms with E-state index >= 15 is 0 Å². The molecule has 0 N–H and O–H groups in total. The Morgan fingerprint density at radius 2 is 2.07 bits per heavy atom. The molecule has 0 aliphatic rings. The van der Waals surface area contributed by atoms with Gasteiger partial charge in [0.25, 0.3) is 0 Å². The fourth-order valence-electron chi connectivity index (χ4n) is 1.03. The molecule has 0 spiro atoms. The molecule has 0 saturated heterocycles. The van der Waals surface area contributed by atoms with Gasteiger partial charge in [-0.05, 0) is 18.9 Å². The van der Waals surface area contributed by atoms with E-state index < -0.39 is 0 Å². The molecule has 1 aromatic heterocycles. The summed E-state index contributed by atoms with van der Waals surface area (Å²) in [5.74, 6) is 0. The second kappa shape index (κ2) is 6.60. The molecular formula is C11H16N2S. The largest absolute Gasteiger partial charge is 0.231 e. The molecule has 0 fully saturated rings. The van der Waals surface area contributed by atoms with E-state index in [0.29, 0.717) is 5.25 Å². The van der Waals surface area contributed by atoms with Gasteiger partial charge in [0, 0.05) is 17.6 Å². The number of aromatic nitrogens is 2. The zero-order chi connectivity index (χ0) is 10.2. The lowest BCUT2D eigenvalue weighted by Gasteiger charge is -2.07. The molecule has 1 rings (SSSR count). The maximum Gasteiger partial charge on any atom is 0.188 e. The minimum atomic E-state index is 0.498. The van der Waals surface area contributed by atoms with Crippen LogP contribution in [0, 0.1) is 0 Å². The first-order valence-corrected chi connectivity index (χ1v) is 5.85. The number of hydrogen-bond acceptors (Lipinski definition) is 3. The van der Waals surface area contributed by atoms with E-state index in [9.17, 15) is 0 Å². The Morgan fingerprint density at radius 3 is 2.64 bits per heavy atom. The number of hydrogen-bond donors (Lipinski definition) is 0. The summed E-state index contributed by atoms with van der Waals surface area (Å²) in [6, 6.07) is 1.84. The maximum atomic E-state index is 4.19. The summed E-state index contributed by atoms with van der Waals surface area (Å²) in [5, 5.41) is 1.36. The van der Waals surface area contributed by atoms with Crippen molar-refractivity contribution < 1.29 is 0 Å². The van der Waals surface area contributed by atoms with E-state index in [1.807, 2.05) is 6.07 Å². The van der Waals surface area contributed by atoms with Crippen LogP contribution in [0.15, 0.2) is 35.8 Å². The van der Waals surface area contributed by atoms with Crippen molar-refractivity contribution in [3.63, 3.8) is 0 Å². The van der Waals surface area contributed by atoms with Crippen molar-refractivity contribution >= 4 is 11.8 Å². The van der Waals surface area contributed by atoms with Crippen molar-refractivity contribution in [2.45, 2.75) is 37.1 Å². The standard InChI is InChI=1S/C11H16N2S/c1-3-5-7-10(4-2)14-11-12-8-6-9-13-11/h5-10H,3-4H2,1-2H3/b7-5+/t10-/m1/s1. The van der Waals surface area contributed by atoms with E-state index in [1.54, 1.807) is 24.2 Å². The summed E-state index contributed by atoms with van der Waals surface area (Å²) >= 11 is 1.72. The Labute approximate surface area is 89.9 Å². The van der Waals surface area contributed by atoms with Gasteiger partial charge in [-0.15, -0.1) is 0 Å². The minimum absolute atomic E-state index is 0.498. The second-order valence-electron chi connectivity index (χ2n) is 2.93. The van der Waals surface area contributed by atoms with Gasteiger partial charge in [-0.3, -0.25) is 0 Å². The summed E-state index contributed by atoms with van der Waals surface area (Å²) in [5.41, 5.74) is 0. The lowest BCUT2D eigenvalue weighted by atomic mass is 10.3. The van der Waals surface area contributed by atoms with Gasteiger partial charge in [-0.2, -0.15) is 0 Å². The Kier molecular flexibility index (Phi) is 5.30. The Hall–Kier alpha value is -0.830. The average Bonchev–Trinajstić information content (AvgIpc) is 2.25. The molecule has 0 amide bonds. The summed E-state index contributed by atoms with van der Waals surface area (Å²) in [7, 11) is 0. The molecule has 14 heavy (non-hydrogen) atoms. The van der Waals surface area contributed by atoms with Crippen molar-refractivity contribution in [1.82, 2.24) is 9.97 Å². The van der Waals surface area contributed by atoms with Crippen molar-refractivity contribution in [2.24, 2.45) is 0 Å². The molecule has 1 atom stereocenters. The zero-order valence-electron chi connectivity index (χ0n) is 8.68. The Bertz CT molecular complexity index is 272. The Balaban J connectivity index is 2.53. The third-order valence-corrected chi connectivity index (χ3v) is 3.00. The molecule has 1 aromatic rings. The molecular weight excluding hydrogens is 192 g/mol. The van der Waals surface area contributed by atoms with Gasteiger partial charge in [0.05, 0.1) is 0 Å². The number of allylic oxidation sites excluding steroid dienone is 1. The highest BCUT2D eigenvalue weighted by atomic mass is 32.2. The van der Waals surface area contributed by atoms with Crippen molar-refractivity contribution in [1.29, 1.82) is 0 Å². The molecule has 0 aliphatic carbocycles. The summed E-state index contributed by atoms with van der Waals surface area (Å²) in [6.45, 7) is 4.33. The first-order valence-electron chi connectivity index (χ1n) is 4.97. The van der Waals surface area contributed by atoms with Gasteiger partial charge >= 0.3 is 0 Å². The van der Waals surface area contributed by atoms with Gasteiger partial charge in [0.2, 0.25) is 0 Å². The normalized spacial score (nSPS) is 13.3. The molecule has 0 bridgehead atoms. The van der Waals surface area contributed by atoms with E-state index in [1.165, 1.54) is 0 Å². The fourth-order valence-corrected chi connectivity index (χ4v) is 1.90. The number of thioether (sulfide) groups is 1. The van der Waals surface area contributed by atoms with Crippen LogP contribution < -0.4 is 0 Å². The molecule has 2 nitrogen and oxygen atoms in total. The lowest BCUT2D eigenvalue weighted by Crippen LogP contribution is -1.97. The van der Waals surface area contributed by atoms with Crippen LogP contribution in [-0.2, 0) is 0 Å². The zero-order valence-corrected chi connectivity index (χ0v) is 9.50. The Morgan fingerprint density at radius 1 is 1.36 bits per heavy atom. The predicted molar refractivity (Wildman–Crippen MR) is 61.4 cm³/mol. The SMILES string of the molecule is CC/C=C/[C@@H](CC)Sc1ncccn1. The number of rotatable bonds is 5. The van der Waals surface area contributed by atoms with E-state index in [0.717, 1.165) is 18.0 Å². The van der Waals surface area contributed by atoms with E-state index in [4.69, 9.17) is 0 Å². The highest BCUT2D eigenvalue weighted by Crippen LogP contribution is 2.22. The van der Waals surface area contributed by atoms with Crippen LogP contribution in [-0.4, -0.2) is 15.2 Å². The number of nitrogens with zero attached hydrogens (tertiary/aromatic N) is 2. The summed E-state index contributed by atoms with van der Waals surface area (Å²) in [6.07, 6.45) is 10.2. The molecule has 0 saturated carbocycles. The minimum Gasteiger partial charge on any atom is -0.231 e. The van der Waals surface area contributed by atoms with E-state index in [-0.39, 0.29) is 0 Å². The predicted octanol–water partition coefficient (Wildman–Crippen LogP) is 3.31. The van der Waals surface area contributed by atoms with Crippen LogP contribution in [0.4, 0.5) is 0 Å². The topological polar surface area (TPSA) is 25.8 Å². The molecule has 0 aliphatic heterocycles. The van der Waals surface area contributed by atoms with Gasteiger partial charge in [-0.25, -0.2) is 9.97 Å². The van der Waals surface area contributed by atoms with Crippen LogP contribution in [0.2, 0.25) is 0 Å². The molecule has 0 radical (unpaired) electrons. The first-order chi connectivity index (χ1) is 6.86. The molecule has 1 heterocycles. The maximum absolute atomic E-state index is 4.19. The van der Waals surface area contributed by atoms with Crippen molar-refractivity contribution in [3.8, 4) is 0 Å². The van der Waals surface area contributed by atoms with Crippen molar-refractivity contribution in [2.75, 3.05) is 0 Å². The highest BCUT2D eigenvalue weighted by Gasteiger charge is 2.05. The van der Waals surface area contributed by atoms with Crippen molar-refractivity contribution in [3.05, 3.63) is 30.6 Å². The fraction of sp³-hybridized carbons (Fsp3) is 0.455. The van der Waals surface area contributed by atoms with Gasteiger partial charge < -0.3 is 0 Å². The third kappa shape index (κ3) is 3.92. The summed E-state index contributed by atoms with van der Waals surface area (Å²) < 4.78 is 0. The quantitative estimate of drug-likeness (QED) is 0.422. The van der Waals surface area contributed by atoms with Gasteiger partial charge in [0.1, 0.15) is 0 Å². The van der Waals surface area contributed by atoms with Crippen LogP contribution in [0.1, 0.15) is 26.7 Å². The molecule has 0 aromatic carbocycles. The molecule has 76 valence electrons. The smallest absolute Gasteiger partial charge is 0.188 e. The van der Waals surface area contributed by atoms with Gasteiger partial charge in [0.15, 0.2) is 5.16 Å². The van der Waals surface area contributed by atoms with Crippen LogP contribution in [0.25, 0.3) is 0 Å². The first kappa shape index (κ1) is 11.2.